The van der Waals surface area contributed by atoms with Crippen molar-refractivity contribution in [1.82, 2.24) is 10.6 Å². The molecule has 2 N–H and O–H groups in total. The minimum atomic E-state index is -0.758. The molecule has 1 saturated carbocycles. The summed E-state index contributed by atoms with van der Waals surface area (Å²) in [5, 5.41) is 6.80. The van der Waals surface area contributed by atoms with Gasteiger partial charge >= 0.3 is 0 Å². The van der Waals surface area contributed by atoms with Gasteiger partial charge in [0.05, 0.1) is 0 Å². The molecule has 1 aliphatic carbocycles. The number of nitrogens with one attached hydrogen (secondary N) is 2. The van der Waals surface area contributed by atoms with Crippen LogP contribution in [-0.2, 0) is 17.2 Å². The topological polar surface area (TPSA) is 53.5 Å². The molecule has 0 bridgehead atoms. The van der Waals surface area contributed by atoms with Gasteiger partial charge in [0.15, 0.2) is 5.96 Å². The molecular formula is C18H28F2IN3OS. The molecule has 3 atom stereocenters. The van der Waals surface area contributed by atoms with E-state index in [1.54, 1.807) is 7.05 Å². The average molecular weight is 499 g/mol. The molecule has 1 fully saturated rings. The van der Waals surface area contributed by atoms with Crippen LogP contribution in [0.2, 0.25) is 0 Å². The highest BCUT2D eigenvalue weighted by Gasteiger charge is 2.25. The summed E-state index contributed by atoms with van der Waals surface area (Å²) in [4.78, 5) is 4.20. The van der Waals surface area contributed by atoms with Crippen LogP contribution in [0.4, 0.5) is 8.78 Å². The summed E-state index contributed by atoms with van der Waals surface area (Å²) in [6, 6.07) is 3.89. The fraction of sp³-hybridized carbons (Fsp3) is 0.611. The maximum atomic E-state index is 13.6. The zero-order chi connectivity index (χ0) is 18.2. The van der Waals surface area contributed by atoms with Gasteiger partial charge in [-0.2, -0.15) is 0 Å². The van der Waals surface area contributed by atoms with Crippen LogP contribution in [0.1, 0.15) is 38.2 Å². The second-order valence-corrected chi connectivity index (χ2v) is 8.29. The first kappa shape index (κ1) is 23.3. The van der Waals surface area contributed by atoms with Crippen LogP contribution >= 0.6 is 24.0 Å². The van der Waals surface area contributed by atoms with E-state index in [-0.39, 0.29) is 35.3 Å². The van der Waals surface area contributed by atoms with Crippen molar-refractivity contribution in [3.05, 3.63) is 35.4 Å². The number of benzene rings is 1. The monoisotopic (exact) mass is 499 g/mol. The molecule has 4 nitrogen and oxygen atoms in total. The number of nitrogens with zero attached hydrogens (tertiary/aromatic N) is 1. The predicted molar refractivity (Wildman–Crippen MR) is 115 cm³/mol. The number of aliphatic imine (C=N–C) groups is 1. The molecule has 0 radical (unpaired) electrons. The Morgan fingerprint density at radius 1 is 1.35 bits per heavy atom. The molecule has 0 aromatic heterocycles. The third-order valence-electron chi connectivity index (χ3n) is 4.55. The summed E-state index contributed by atoms with van der Waals surface area (Å²) in [5.74, 6) is 0.272. The lowest BCUT2D eigenvalue weighted by Crippen LogP contribution is -2.47. The van der Waals surface area contributed by atoms with Crippen molar-refractivity contribution in [2.24, 2.45) is 4.99 Å². The molecule has 0 heterocycles. The van der Waals surface area contributed by atoms with Crippen LogP contribution in [0.25, 0.3) is 0 Å². The number of guanidine groups is 1. The normalized spacial score (nSPS) is 21.6. The van der Waals surface area contributed by atoms with E-state index in [1.165, 1.54) is 12.1 Å². The zero-order valence-corrected chi connectivity index (χ0v) is 18.4. The van der Waals surface area contributed by atoms with Gasteiger partial charge in [-0.3, -0.25) is 9.20 Å². The lowest BCUT2D eigenvalue weighted by molar-refractivity contribution is 0.413. The highest BCUT2D eigenvalue weighted by molar-refractivity contribution is 14.0. The molecule has 0 spiro atoms. The van der Waals surface area contributed by atoms with E-state index in [1.807, 2.05) is 6.92 Å². The van der Waals surface area contributed by atoms with Crippen molar-refractivity contribution < 1.29 is 13.0 Å². The van der Waals surface area contributed by atoms with E-state index in [2.05, 4.69) is 15.6 Å². The maximum absolute atomic E-state index is 13.6. The van der Waals surface area contributed by atoms with Gasteiger partial charge in [0.2, 0.25) is 0 Å². The summed E-state index contributed by atoms with van der Waals surface area (Å²) in [7, 11) is 0.934. The van der Waals surface area contributed by atoms with E-state index in [0.29, 0.717) is 30.2 Å². The molecule has 8 heteroatoms. The van der Waals surface area contributed by atoms with Gasteiger partial charge in [-0.05, 0) is 37.3 Å². The molecule has 0 amide bonds. The molecule has 0 aliphatic heterocycles. The summed E-state index contributed by atoms with van der Waals surface area (Å²) in [5.41, 5.74) is 0.473. The predicted octanol–water partition coefficient (Wildman–Crippen LogP) is 3.37. The fourth-order valence-electron chi connectivity index (χ4n) is 3.18. The first-order valence-electron chi connectivity index (χ1n) is 8.81. The van der Waals surface area contributed by atoms with Crippen LogP contribution in [-0.4, -0.2) is 40.8 Å². The second-order valence-electron chi connectivity index (χ2n) is 6.28. The summed E-state index contributed by atoms with van der Waals surface area (Å²) < 4.78 is 38.6. The van der Waals surface area contributed by atoms with Gasteiger partial charge in [-0.25, -0.2) is 8.78 Å². The molecular weight excluding hydrogens is 471 g/mol. The highest BCUT2D eigenvalue weighted by atomic mass is 127. The zero-order valence-electron chi connectivity index (χ0n) is 15.3. The average Bonchev–Trinajstić information content (AvgIpc) is 2.62. The second kappa shape index (κ2) is 11.8. The van der Waals surface area contributed by atoms with Gasteiger partial charge in [0.1, 0.15) is 11.6 Å². The van der Waals surface area contributed by atoms with Crippen molar-refractivity contribution in [2.75, 3.05) is 19.3 Å². The Bertz CT molecular complexity index is 630. The lowest BCUT2D eigenvalue weighted by atomic mass is 9.95. The Hall–Kier alpha value is -0.770. The Morgan fingerprint density at radius 2 is 2.12 bits per heavy atom. The van der Waals surface area contributed by atoms with E-state index in [4.69, 9.17) is 0 Å². The van der Waals surface area contributed by atoms with Gasteiger partial charge in [-0.1, -0.05) is 19.4 Å². The van der Waals surface area contributed by atoms with E-state index in [0.717, 1.165) is 31.7 Å². The van der Waals surface area contributed by atoms with Crippen molar-refractivity contribution in [3.63, 3.8) is 0 Å². The van der Waals surface area contributed by atoms with Crippen LogP contribution in [0.3, 0.4) is 0 Å². The first-order chi connectivity index (χ1) is 12.0. The Balaban J connectivity index is 0.00000338. The standard InChI is InChI=1S/C18H27F2N3OS.HI/c1-3-25(24)16-6-4-5-15(12-16)23-18(21-2)22-10-9-13-7-8-14(19)11-17(13)20;/h7-8,11,15-16H,3-6,9-10,12H2,1-2H3,(H2,21,22,23);1H. The highest BCUT2D eigenvalue weighted by Crippen LogP contribution is 2.23. The number of halogens is 3. The minimum Gasteiger partial charge on any atom is -0.356 e. The van der Waals surface area contributed by atoms with E-state index < -0.39 is 22.4 Å². The van der Waals surface area contributed by atoms with Gasteiger partial charge in [0, 0.05) is 47.5 Å². The van der Waals surface area contributed by atoms with E-state index >= 15 is 0 Å². The van der Waals surface area contributed by atoms with Crippen molar-refractivity contribution in [2.45, 2.75) is 50.3 Å². The summed E-state index contributed by atoms with van der Waals surface area (Å²) in [6.45, 7) is 2.46. The third kappa shape index (κ3) is 7.09. The molecule has 2 rings (SSSR count). The van der Waals surface area contributed by atoms with Crippen molar-refractivity contribution in [1.29, 1.82) is 0 Å². The third-order valence-corrected chi connectivity index (χ3v) is 6.29. The number of hydrogen-bond acceptors (Lipinski definition) is 2. The summed E-state index contributed by atoms with van der Waals surface area (Å²) >= 11 is 0. The van der Waals surface area contributed by atoms with Crippen LogP contribution in [0, 0.1) is 11.6 Å². The Morgan fingerprint density at radius 3 is 2.77 bits per heavy atom. The van der Waals surface area contributed by atoms with Gasteiger partial charge in [-0.15, -0.1) is 24.0 Å². The molecule has 1 aliphatic rings. The van der Waals surface area contributed by atoms with Crippen molar-refractivity contribution in [3.8, 4) is 0 Å². The van der Waals surface area contributed by atoms with E-state index in [9.17, 15) is 13.0 Å². The number of hydrogen-bond donors (Lipinski definition) is 2. The quantitative estimate of drug-likeness (QED) is 0.359. The first-order valence-corrected chi connectivity index (χ1v) is 10.2. The Kier molecular flexibility index (Phi) is 10.6. The minimum absolute atomic E-state index is 0. The smallest absolute Gasteiger partial charge is 0.191 e. The lowest BCUT2D eigenvalue weighted by Gasteiger charge is -2.30. The molecule has 0 saturated heterocycles. The van der Waals surface area contributed by atoms with Crippen molar-refractivity contribution >= 4 is 40.7 Å². The van der Waals surface area contributed by atoms with Crippen LogP contribution in [0.5, 0.6) is 0 Å². The van der Waals surface area contributed by atoms with Gasteiger partial charge in [0.25, 0.3) is 0 Å². The van der Waals surface area contributed by atoms with Crippen LogP contribution < -0.4 is 10.6 Å². The molecule has 26 heavy (non-hydrogen) atoms. The Labute approximate surface area is 174 Å². The number of rotatable bonds is 6. The van der Waals surface area contributed by atoms with Crippen LogP contribution in [0.15, 0.2) is 23.2 Å². The molecule has 1 aromatic carbocycles. The molecule has 3 unspecified atom stereocenters. The SMILES string of the molecule is CCS(=O)C1CCCC(NC(=NC)NCCc2ccc(F)cc2F)C1.I. The van der Waals surface area contributed by atoms with Gasteiger partial charge < -0.3 is 10.6 Å². The summed E-state index contributed by atoms with van der Waals surface area (Å²) in [6.07, 6.45) is 4.44. The molecule has 1 aromatic rings. The maximum Gasteiger partial charge on any atom is 0.191 e. The molecule has 148 valence electrons. The largest absolute Gasteiger partial charge is 0.356 e. The fourth-order valence-corrected chi connectivity index (χ4v) is 4.53.